The van der Waals surface area contributed by atoms with Crippen molar-refractivity contribution in [2.24, 2.45) is 11.3 Å². The van der Waals surface area contributed by atoms with Crippen molar-refractivity contribution in [1.82, 2.24) is 0 Å². The van der Waals surface area contributed by atoms with Crippen LogP contribution in [0.4, 0.5) is 0 Å². The Bertz CT molecular complexity index is 278. The van der Waals surface area contributed by atoms with Crippen molar-refractivity contribution in [2.75, 3.05) is 13.2 Å². The molecular formula is C12H19NO2. The molecule has 0 aromatic carbocycles. The fourth-order valence-electron chi connectivity index (χ4n) is 3.32. The van der Waals surface area contributed by atoms with Gasteiger partial charge < -0.3 is 9.84 Å². The summed E-state index contributed by atoms with van der Waals surface area (Å²) in [6.07, 6.45) is 4.51. The van der Waals surface area contributed by atoms with E-state index in [-0.39, 0.29) is 5.92 Å². The van der Waals surface area contributed by atoms with Crippen LogP contribution >= 0.6 is 0 Å². The van der Waals surface area contributed by atoms with Crippen LogP contribution in [0.5, 0.6) is 0 Å². The molecule has 1 aliphatic carbocycles. The van der Waals surface area contributed by atoms with Gasteiger partial charge >= 0.3 is 0 Å². The molecule has 0 bridgehead atoms. The van der Waals surface area contributed by atoms with Crippen molar-refractivity contribution in [3.63, 3.8) is 0 Å². The van der Waals surface area contributed by atoms with Gasteiger partial charge in [-0.3, -0.25) is 0 Å². The van der Waals surface area contributed by atoms with Crippen LogP contribution < -0.4 is 0 Å². The Hall–Kier alpha value is -0.590. The minimum absolute atomic E-state index is 0.277. The average Bonchev–Trinajstić information content (AvgIpc) is 2.85. The topological polar surface area (TPSA) is 53.2 Å². The van der Waals surface area contributed by atoms with Gasteiger partial charge in [0.1, 0.15) is 5.41 Å². The smallest absolute Gasteiger partial charge is 0.112 e. The number of nitrogens with zero attached hydrogens (tertiary/aromatic N) is 1. The predicted molar refractivity (Wildman–Crippen MR) is 56.1 cm³/mol. The van der Waals surface area contributed by atoms with Crippen LogP contribution in [0, 0.1) is 22.7 Å². The molecule has 0 amide bonds. The Kier molecular flexibility index (Phi) is 2.74. The molecule has 3 unspecified atom stereocenters. The molecule has 1 aliphatic heterocycles. The number of ether oxygens (including phenoxy) is 1. The Morgan fingerprint density at radius 1 is 1.53 bits per heavy atom. The van der Waals surface area contributed by atoms with E-state index in [9.17, 15) is 10.4 Å². The predicted octanol–water partition coefficient (Wildman–Crippen LogP) is 1.86. The standard InChI is InChI=1S/C12H19NO2/c1-2-10-4-3-5-12(10,14)11(8-13)6-7-15-9-11/h10,14H,2-7,9H2,1H3. The van der Waals surface area contributed by atoms with Gasteiger partial charge in [0.2, 0.25) is 0 Å². The number of rotatable bonds is 2. The Morgan fingerprint density at radius 3 is 2.87 bits per heavy atom. The monoisotopic (exact) mass is 209 g/mol. The molecule has 1 saturated heterocycles. The molecule has 2 rings (SSSR count). The van der Waals surface area contributed by atoms with E-state index in [0.717, 1.165) is 25.7 Å². The highest BCUT2D eigenvalue weighted by Gasteiger charge is 2.58. The van der Waals surface area contributed by atoms with E-state index in [1.807, 2.05) is 0 Å². The highest BCUT2D eigenvalue weighted by Crippen LogP contribution is 2.52. The van der Waals surface area contributed by atoms with E-state index in [4.69, 9.17) is 4.74 Å². The molecule has 1 heterocycles. The number of hydrogen-bond donors (Lipinski definition) is 1. The third-order valence-electron chi connectivity index (χ3n) is 4.34. The van der Waals surface area contributed by atoms with Gasteiger partial charge in [0.25, 0.3) is 0 Å². The van der Waals surface area contributed by atoms with Crippen LogP contribution in [0.25, 0.3) is 0 Å². The Labute approximate surface area is 91.0 Å². The van der Waals surface area contributed by atoms with Gasteiger partial charge in [0, 0.05) is 6.61 Å². The Morgan fingerprint density at radius 2 is 2.33 bits per heavy atom. The lowest BCUT2D eigenvalue weighted by Gasteiger charge is -2.40. The molecule has 1 saturated carbocycles. The minimum atomic E-state index is -0.799. The van der Waals surface area contributed by atoms with Gasteiger partial charge in [0.15, 0.2) is 0 Å². The first-order chi connectivity index (χ1) is 7.18. The zero-order valence-electron chi connectivity index (χ0n) is 9.33. The van der Waals surface area contributed by atoms with E-state index in [1.165, 1.54) is 0 Å². The SMILES string of the molecule is CCC1CCCC1(O)C1(C#N)CCOC1. The third-order valence-corrected chi connectivity index (χ3v) is 4.34. The van der Waals surface area contributed by atoms with Crippen molar-refractivity contribution in [3.8, 4) is 6.07 Å². The van der Waals surface area contributed by atoms with Crippen LogP contribution in [0.2, 0.25) is 0 Å². The summed E-state index contributed by atoms with van der Waals surface area (Å²) in [5, 5.41) is 20.2. The number of nitriles is 1. The van der Waals surface area contributed by atoms with Crippen molar-refractivity contribution in [3.05, 3.63) is 0 Å². The highest BCUT2D eigenvalue weighted by atomic mass is 16.5. The van der Waals surface area contributed by atoms with Gasteiger partial charge in [0.05, 0.1) is 18.3 Å². The molecule has 84 valence electrons. The zero-order valence-corrected chi connectivity index (χ0v) is 9.33. The van der Waals surface area contributed by atoms with E-state index in [0.29, 0.717) is 19.6 Å². The van der Waals surface area contributed by atoms with Gasteiger partial charge in [-0.2, -0.15) is 5.26 Å². The van der Waals surface area contributed by atoms with E-state index < -0.39 is 11.0 Å². The summed E-state index contributed by atoms with van der Waals surface area (Å²) in [5.41, 5.74) is -1.43. The molecule has 3 heteroatoms. The van der Waals surface area contributed by atoms with Crippen molar-refractivity contribution < 1.29 is 9.84 Å². The van der Waals surface area contributed by atoms with Crippen LogP contribution in [0.1, 0.15) is 39.0 Å². The van der Waals surface area contributed by atoms with Gasteiger partial charge in [-0.25, -0.2) is 0 Å². The molecule has 0 aromatic rings. The second-order valence-electron chi connectivity index (χ2n) is 4.92. The first-order valence-corrected chi connectivity index (χ1v) is 5.90. The maximum Gasteiger partial charge on any atom is 0.112 e. The molecular weight excluding hydrogens is 190 g/mol. The molecule has 3 nitrogen and oxygen atoms in total. The summed E-state index contributed by atoms with van der Waals surface area (Å²) in [4.78, 5) is 0. The molecule has 0 radical (unpaired) electrons. The summed E-state index contributed by atoms with van der Waals surface area (Å²) >= 11 is 0. The number of aliphatic hydroxyl groups is 1. The maximum absolute atomic E-state index is 10.8. The lowest BCUT2D eigenvalue weighted by atomic mass is 9.66. The van der Waals surface area contributed by atoms with Gasteiger partial charge in [-0.1, -0.05) is 19.8 Å². The van der Waals surface area contributed by atoms with Crippen LogP contribution in [-0.4, -0.2) is 23.9 Å². The lowest BCUT2D eigenvalue weighted by molar-refractivity contribution is -0.0878. The second kappa shape index (κ2) is 3.77. The van der Waals surface area contributed by atoms with Crippen molar-refractivity contribution in [2.45, 2.75) is 44.6 Å². The quantitative estimate of drug-likeness (QED) is 0.755. The van der Waals surface area contributed by atoms with Crippen molar-refractivity contribution >= 4 is 0 Å². The van der Waals surface area contributed by atoms with Crippen LogP contribution in [0.3, 0.4) is 0 Å². The first kappa shape index (κ1) is 10.9. The van der Waals surface area contributed by atoms with E-state index >= 15 is 0 Å². The first-order valence-electron chi connectivity index (χ1n) is 5.90. The summed E-state index contributed by atoms with van der Waals surface area (Å²) in [6.45, 7) is 3.13. The molecule has 1 N–H and O–H groups in total. The fraction of sp³-hybridized carbons (Fsp3) is 0.917. The maximum atomic E-state index is 10.8. The van der Waals surface area contributed by atoms with E-state index in [1.54, 1.807) is 0 Å². The molecule has 0 spiro atoms. The van der Waals surface area contributed by atoms with Gasteiger partial charge in [-0.15, -0.1) is 0 Å². The second-order valence-corrected chi connectivity index (χ2v) is 4.92. The largest absolute Gasteiger partial charge is 0.388 e. The molecule has 0 aromatic heterocycles. The fourth-order valence-corrected chi connectivity index (χ4v) is 3.32. The minimum Gasteiger partial charge on any atom is -0.388 e. The summed E-state index contributed by atoms with van der Waals surface area (Å²) in [6, 6.07) is 2.35. The molecule has 2 fully saturated rings. The third kappa shape index (κ3) is 1.39. The lowest BCUT2D eigenvalue weighted by Crippen LogP contribution is -2.50. The molecule has 15 heavy (non-hydrogen) atoms. The van der Waals surface area contributed by atoms with Crippen molar-refractivity contribution in [1.29, 1.82) is 5.26 Å². The zero-order chi connectivity index (χ0) is 10.9. The highest BCUT2D eigenvalue weighted by molar-refractivity contribution is 5.17. The Balaban J connectivity index is 2.30. The summed E-state index contributed by atoms with van der Waals surface area (Å²) in [5.74, 6) is 0.277. The molecule has 2 aliphatic rings. The summed E-state index contributed by atoms with van der Waals surface area (Å²) in [7, 11) is 0. The average molecular weight is 209 g/mol. The summed E-state index contributed by atoms with van der Waals surface area (Å²) < 4.78 is 5.34. The van der Waals surface area contributed by atoms with Crippen LogP contribution in [-0.2, 0) is 4.74 Å². The molecule has 3 atom stereocenters. The van der Waals surface area contributed by atoms with E-state index in [2.05, 4.69) is 13.0 Å². The normalized spacial score (nSPS) is 45.5. The number of hydrogen-bond acceptors (Lipinski definition) is 3. The van der Waals surface area contributed by atoms with Gasteiger partial charge in [-0.05, 0) is 25.2 Å². The van der Waals surface area contributed by atoms with Crippen LogP contribution in [0.15, 0.2) is 0 Å².